The van der Waals surface area contributed by atoms with E-state index in [0.717, 1.165) is 0 Å². The van der Waals surface area contributed by atoms with Gasteiger partial charge in [0.25, 0.3) is 0 Å². The fourth-order valence-corrected chi connectivity index (χ4v) is 2.17. The lowest BCUT2D eigenvalue weighted by molar-refractivity contribution is 0.208. The molecule has 88 valence electrons. The molecule has 0 aliphatic heterocycles. The van der Waals surface area contributed by atoms with E-state index in [9.17, 15) is 4.39 Å². The molecule has 1 aromatic carbocycles. The van der Waals surface area contributed by atoms with Gasteiger partial charge >= 0.3 is 0 Å². The molecule has 2 rings (SSSR count). The highest BCUT2D eigenvalue weighted by Crippen LogP contribution is 2.25. The quantitative estimate of drug-likeness (QED) is 0.797. The summed E-state index contributed by atoms with van der Waals surface area (Å²) in [5.41, 5.74) is 5.57. The fourth-order valence-electron chi connectivity index (χ4n) is 2.17. The van der Waals surface area contributed by atoms with Crippen molar-refractivity contribution in [1.29, 1.82) is 0 Å². The lowest BCUT2D eigenvalue weighted by atomic mass is 9.90. The second-order valence-electron chi connectivity index (χ2n) is 4.50. The third kappa shape index (κ3) is 2.87. The molecule has 1 saturated carbocycles. The molecule has 0 radical (unpaired) electrons. The predicted molar refractivity (Wildman–Crippen MR) is 62.9 cm³/mol. The first-order valence-corrected chi connectivity index (χ1v) is 5.93. The van der Waals surface area contributed by atoms with Crippen LogP contribution >= 0.6 is 0 Å². The van der Waals surface area contributed by atoms with E-state index in [1.807, 2.05) is 0 Å². The van der Waals surface area contributed by atoms with Gasteiger partial charge in [0.15, 0.2) is 0 Å². The third-order valence-electron chi connectivity index (χ3n) is 3.18. The van der Waals surface area contributed by atoms with Gasteiger partial charge in [-0.15, -0.1) is 0 Å². The van der Waals surface area contributed by atoms with E-state index in [2.05, 4.69) is 0 Å². The molecule has 0 spiro atoms. The summed E-state index contributed by atoms with van der Waals surface area (Å²) in [5, 5.41) is 0. The van der Waals surface area contributed by atoms with Crippen LogP contribution in [0.5, 0.6) is 5.75 Å². The molecule has 1 aromatic rings. The van der Waals surface area contributed by atoms with E-state index >= 15 is 0 Å². The first-order valence-electron chi connectivity index (χ1n) is 5.93. The predicted octanol–water partition coefficient (Wildman–Crippen LogP) is 3.37. The van der Waals surface area contributed by atoms with Crippen LogP contribution in [0.2, 0.25) is 0 Å². The molecule has 0 amide bonds. The van der Waals surface area contributed by atoms with Gasteiger partial charge in [-0.25, -0.2) is 4.39 Å². The Balaban J connectivity index is 1.86. The lowest BCUT2D eigenvalue weighted by Crippen LogP contribution is -2.15. The monoisotopic (exact) mass is 223 g/mol. The van der Waals surface area contributed by atoms with E-state index in [4.69, 9.17) is 10.5 Å². The van der Waals surface area contributed by atoms with Crippen LogP contribution in [0.3, 0.4) is 0 Å². The summed E-state index contributed by atoms with van der Waals surface area (Å²) in [7, 11) is 0. The molecule has 0 aromatic heterocycles. The normalized spacial score (nSPS) is 17.3. The maximum Gasteiger partial charge on any atom is 0.149 e. The minimum atomic E-state index is -0.402. The zero-order valence-corrected chi connectivity index (χ0v) is 9.42. The van der Waals surface area contributed by atoms with E-state index in [1.165, 1.54) is 38.2 Å². The maximum atomic E-state index is 13.1. The number of benzene rings is 1. The summed E-state index contributed by atoms with van der Waals surface area (Å²) in [5.74, 6) is 0.813. The molecule has 0 unspecified atom stereocenters. The molecule has 0 bridgehead atoms. The van der Waals surface area contributed by atoms with Crippen LogP contribution in [0.1, 0.15) is 32.1 Å². The van der Waals surface area contributed by atoms with Crippen molar-refractivity contribution in [3.05, 3.63) is 24.0 Å². The summed E-state index contributed by atoms with van der Waals surface area (Å²) in [6.45, 7) is 0.698. The Morgan fingerprint density at radius 2 is 2.00 bits per heavy atom. The van der Waals surface area contributed by atoms with Gasteiger partial charge < -0.3 is 10.5 Å². The minimum Gasteiger partial charge on any atom is -0.493 e. The zero-order valence-electron chi connectivity index (χ0n) is 9.42. The van der Waals surface area contributed by atoms with Gasteiger partial charge in [-0.1, -0.05) is 19.3 Å². The van der Waals surface area contributed by atoms with E-state index in [1.54, 1.807) is 12.1 Å². The molecule has 16 heavy (non-hydrogen) atoms. The summed E-state index contributed by atoms with van der Waals surface area (Å²) < 4.78 is 18.7. The Labute approximate surface area is 95.6 Å². The van der Waals surface area contributed by atoms with Gasteiger partial charge in [0, 0.05) is 6.07 Å². The lowest BCUT2D eigenvalue weighted by Gasteiger charge is -2.21. The molecule has 1 aliphatic rings. The number of rotatable bonds is 3. The van der Waals surface area contributed by atoms with Crippen LogP contribution in [-0.4, -0.2) is 6.61 Å². The first-order chi connectivity index (χ1) is 7.75. The van der Waals surface area contributed by atoms with Gasteiger partial charge in [0.1, 0.15) is 11.6 Å². The Bertz CT molecular complexity index is 348. The Hall–Kier alpha value is -1.25. The van der Waals surface area contributed by atoms with Gasteiger partial charge in [0.2, 0.25) is 0 Å². The van der Waals surface area contributed by atoms with Crippen molar-refractivity contribution in [3.8, 4) is 5.75 Å². The van der Waals surface area contributed by atoms with Crippen LogP contribution < -0.4 is 10.5 Å². The van der Waals surface area contributed by atoms with Crippen molar-refractivity contribution in [2.45, 2.75) is 32.1 Å². The highest BCUT2D eigenvalue weighted by atomic mass is 19.1. The van der Waals surface area contributed by atoms with Crippen molar-refractivity contribution in [2.24, 2.45) is 5.92 Å². The van der Waals surface area contributed by atoms with Gasteiger partial charge in [0.05, 0.1) is 12.3 Å². The van der Waals surface area contributed by atoms with Gasteiger partial charge in [-0.2, -0.15) is 0 Å². The zero-order chi connectivity index (χ0) is 11.4. The molecular weight excluding hydrogens is 205 g/mol. The van der Waals surface area contributed by atoms with E-state index in [0.29, 0.717) is 18.3 Å². The average molecular weight is 223 g/mol. The number of anilines is 1. The van der Waals surface area contributed by atoms with Crippen molar-refractivity contribution in [3.63, 3.8) is 0 Å². The third-order valence-corrected chi connectivity index (χ3v) is 3.18. The average Bonchev–Trinajstić information content (AvgIpc) is 2.32. The molecule has 2 N–H and O–H groups in total. The Kier molecular flexibility index (Phi) is 3.65. The van der Waals surface area contributed by atoms with Crippen molar-refractivity contribution in [1.82, 2.24) is 0 Å². The van der Waals surface area contributed by atoms with Crippen molar-refractivity contribution >= 4 is 5.69 Å². The summed E-state index contributed by atoms with van der Waals surface area (Å²) in [4.78, 5) is 0. The number of ether oxygens (including phenoxy) is 1. The SMILES string of the molecule is Nc1ccc(OCC2CCCCC2)cc1F. The van der Waals surface area contributed by atoms with Gasteiger partial charge in [-0.3, -0.25) is 0 Å². The topological polar surface area (TPSA) is 35.2 Å². The number of hydrogen-bond donors (Lipinski definition) is 1. The van der Waals surface area contributed by atoms with Crippen LogP contribution in [-0.2, 0) is 0 Å². The Morgan fingerprint density at radius 3 is 2.69 bits per heavy atom. The highest BCUT2D eigenvalue weighted by molar-refractivity contribution is 5.43. The second kappa shape index (κ2) is 5.19. The van der Waals surface area contributed by atoms with Crippen LogP contribution in [0.15, 0.2) is 18.2 Å². The first kappa shape index (κ1) is 11.2. The molecule has 0 saturated heterocycles. The van der Waals surface area contributed by atoms with Gasteiger partial charge in [-0.05, 0) is 30.9 Å². The standard InChI is InChI=1S/C13H18FNO/c14-12-8-11(6-7-13(12)15)16-9-10-4-2-1-3-5-10/h6-8,10H,1-5,9,15H2. The van der Waals surface area contributed by atoms with Crippen LogP contribution in [0.4, 0.5) is 10.1 Å². The van der Waals surface area contributed by atoms with Crippen LogP contribution in [0, 0.1) is 11.7 Å². The molecule has 2 nitrogen and oxygen atoms in total. The highest BCUT2D eigenvalue weighted by Gasteiger charge is 2.14. The number of halogens is 1. The smallest absolute Gasteiger partial charge is 0.149 e. The summed E-state index contributed by atoms with van der Waals surface area (Å²) >= 11 is 0. The number of nitrogen functional groups attached to an aromatic ring is 1. The van der Waals surface area contributed by atoms with E-state index in [-0.39, 0.29) is 5.69 Å². The molecule has 0 atom stereocenters. The van der Waals surface area contributed by atoms with Crippen molar-refractivity contribution < 1.29 is 9.13 Å². The largest absolute Gasteiger partial charge is 0.493 e. The molecule has 1 aliphatic carbocycles. The number of hydrogen-bond acceptors (Lipinski definition) is 2. The minimum absolute atomic E-state index is 0.171. The summed E-state index contributed by atoms with van der Waals surface area (Å²) in [6, 6.07) is 4.63. The maximum absolute atomic E-state index is 13.1. The number of nitrogens with two attached hydrogens (primary N) is 1. The molecular formula is C13H18FNO. The van der Waals surface area contributed by atoms with E-state index < -0.39 is 5.82 Å². The molecule has 3 heteroatoms. The second-order valence-corrected chi connectivity index (χ2v) is 4.50. The van der Waals surface area contributed by atoms with Crippen molar-refractivity contribution in [2.75, 3.05) is 12.3 Å². The summed E-state index contributed by atoms with van der Waals surface area (Å²) in [6.07, 6.45) is 6.40. The Morgan fingerprint density at radius 1 is 1.25 bits per heavy atom. The molecule has 1 fully saturated rings. The van der Waals surface area contributed by atoms with Crippen LogP contribution in [0.25, 0.3) is 0 Å². The molecule has 0 heterocycles. The fraction of sp³-hybridized carbons (Fsp3) is 0.538.